The van der Waals surface area contributed by atoms with Crippen LogP contribution in [-0.4, -0.2) is 16.6 Å². The summed E-state index contributed by atoms with van der Waals surface area (Å²) in [4.78, 5) is 10.5. The van der Waals surface area contributed by atoms with Crippen LogP contribution in [0.1, 0.15) is 11.8 Å². The van der Waals surface area contributed by atoms with Gasteiger partial charge < -0.3 is 10.5 Å². The van der Waals surface area contributed by atoms with E-state index < -0.39 is 0 Å². The minimum Gasteiger partial charge on any atom is -0.494 e. The molecule has 0 amide bonds. The van der Waals surface area contributed by atoms with Crippen LogP contribution < -0.4 is 10.5 Å². The molecule has 0 aliphatic heterocycles. The second-order valence-corrected chi connectivity index (χ2v) is 5.63. The largest absolute Gasteiger partial charge is 0.494 e. The van der Waals surface area contributed by atoms with Crippen LogP contribution in [0.25, 0.3) is 21.3 Å². The third-order valence-electron chi connectivity index (χ3n) is 3.15. The molecule has 1 aromatic carbocycles. The quantitative estimate of drug-likeness (QED) is 0.798. The molecular weight excluding hydrogens is 270 g/mol. The van der Waals surface area contributed by atoms with Crippen LogP contribution in [0, 0.1) is 6.92 Å². The number of nitrogens with zero attached hydrogens (tertiary/aromatic N) is 2. The molecular formula is C15H15N3OS. The average molecular weight is 285 g/mol. The Labute approximate surface area is 121 Å². The maximum Gasteiger partial charge on any atom is 0.136 e. The molecule has 3 rings (SSSR count). The standard InChI is InChI=1S/C15H15N3OS/c1-3-19-11-6-4-10(5-7-11)12-9(2)20-15-13(12)14(16)17-8-18-15/h4-8H,3H2,1-2H3,(H2,16,17,18). The minimum absolute atomic E-state index is 0.531. The molecule has 4 nitrogen and oxygen atoms in total. The van der Waals surface area contributed by atoms with Crippen molar-refractivity contribution in [3.63, 3.8) is 0 Å². The Morgan fingerprint density at radius 2 is 1.95 bits per heavy atom. The van der Waals surface area contributed by atoms with Crippen molar-refractivity contribution in [3.8, 4) is 16.9 Å². The van der Waals surface area contributed by atoms with Crippen molar-refractivity contribution in [1.29, 1.82) is 0 Å². The summed E-state index contributed by atoms with van der Waals surface area (Å²) < 4.78 is 5.47. The summed E-state index contributed by atoms with van der Waals surface area (Å²) in [7, 11) is 0. The number of ether oxygens (including phenoxy) is 1. The number of anilines is 1. The van der Waals surface area contributed by atoms with Crippen LogP contribution in [0.5, 0.6) is 5.75 Å². The van der Waals surface area contributed by atoms with Crippen molar-refractivity contribution >= 4 is 27.4 Å². The first-order chi connectivity index (χ1) is 9.70. The van der Waals surface area contributed by atoms with Crippen LogP contribution in [0.2, 0.25) is 0 Å². The van der Waals surface area contributed by atoms with Gasteiger partial charge in [-0.3, -0.25) is 0 Å². The van der Waals surface area contributed by atoms with Crippen molar-refractivity contribution in [2.75, 3.05) is 12.3 Å². The maximum atomic E-state index is 6.02. The van der Waals surface area contributed by atoms with E-state index in [1.165, 1.54) is 11.2 Å². The van der Waals surface area contributed by atoms with Gasteiger partial charge >= 0.3 is 0 Å². The van der Waals surface area contributed by atoms with Gasteiger partial charge in [-0.15, -0.1) is 11.3 Å². The van der Waals surface area contributed by atoms with E-state index in [1.54, 1.807) is 11.3 Å². The van der Waals surface area contributed by atoms with Gasteiger partial charge in [0.25, 0.3) is 0 Å². The van der Waals surface area contributed by atoms with Crippen molar-refractivity contribution in [1.82, 2.24) is 9.97 Å². The normalized spacial score (nSPS) is 10.9. The number of thiophene rings is 1. The van der Waals surface area contributed by atoms with Crippen molar-refractivity contribution < 1.29 is 4.74 Å². The lowest BCUT2D eigenvalue weighted by atomic mass is 10.0. The van der Waals surface area contributed by atoms with Crippen molar-refractivity contribution in [2.24, 2.45) is 0 Å². The molecule has 3 aromatic rings. The van der Waals surface area contributed by atoms with E-state index in [0.717, 1.165) is 27.1 Å². The highest BCUT2D eigenvalue weighted by molar-refractivity contribution is 7.19. The Hall–Kier alpha value is -2.14. The molecule has 0 atom stereocenters. The van der Waals surface area contributed by atoms with E-state index in [1.807, 2.05) is 31.2 Å². The summed E-state index contributed by atoms with van der Waals surface area (Å²) in [6.45, 7) is 4.72. The van der Waals surface area contributed by atoms with E-state index in [4.69, 9.17) is 10.5 Å². The number of hydrogen-bond donors (Lipinski definition) is 1. The van der Waals surface area contributed by atoms with E-state index in [2.05, 4.69) is 16.9 Å². The maximum absolute atomic E-state index is 6.02. The van der Waals surface area contributed by atoms with Gasteiger partial charge in [-0.2, -0.15) is 0 Å². The molecule has 0 unspecified atom stereocenters. The highest BCUT2D eigenvalue weighted by atomic mass is 32.1. The highest BCUT2D eigenvalue weighted by Crippen LogP contribution is 2.39. The average Bonchev–Trinajstić information content (AvgIpc) is 2.78. The van der Waals surface area contributed by atoms with E-state index in [9.17, 15) is 0 Å². The third kappa shape index (κ3) is 2.10. The summed E-state index contributed by atoms with van der Waals surface area (Å²) in [5, 5.41) is 0.944. The number of aromatic nitrogens is 2. The molecule has 0 fully saturated rings. The number of hydrogen-bond acceptors (Lipinski definition) is 5. The van der Waals surface area contributed by atoms with Gasteiger partial charge in [-0.1, -0.05) is 12.1 Å². The first-order valence-electron chi connectivity index (χ1n) is 6.43. The predicted octanol–water partition coefficient (Wildman–Crippen LogP) is 3.65. The summed E-state index contributed by atoms with van der Waals surface area (Å²) in [5.41, 5.74) is 8.24. The zero-order valence-corrected chi connectivity index (χ0v) is 12.2. The van der Waals surface area contributed by atoms with E-state index in [-0.39, 0.29) is 0 Å². The molecule has 0 spiro atoms. The van der Waals surface area contributed by atoms with Crippen LogP contribution >= 0.6 is 11.3 Å². The topological polar surface area (TPSA) is 61.0 Å². The summed E-state index contributed by atoms with van der Waals surface area (Å²) in [6, 6.07) is 8.04. The Morgan fingerprint density at radius 3 is 2.65 bits per heavy atom. The Bertz CT molecular complexity index is 750. The fourth-order valence-corrected chi connectivity index (χ4v) is 3.32. The number of nitrogen functional groups attached to an aromatic ring is 1. The third-order valence-corrected chi connectivity index (χ3v) is 4.16. The molecule has 20 heavy (non-hydrogen) atoms. The van der Waals surface area contributed by atoms with Gasteiger partial charge in [-0.25, -0.2) is 9.97 Å². The lowest BCUT2D eigenvalue weighted by molar-refractivity contribution is 0.340. The fraction of sp³-hybridized carbons (Fsp3) is 0.200. The number of fused-ring (bicyclic) bond motifs is 1. The summed E-state index contributed by atoms with van der Waals surface area (Å²) in [6.07, 6.45) is 1.51. The van der Waals surface area contributed by atoms with Crippen LogP contribution in [0.4, 0.5) is 5.82 Å². The fourth-order valence-electron chi connectivity index (χ4n) is 2.30. The van der Waals surface area contributed by atoms with Crippen molar-refractivity contribution in [3.05, 3.63) is 35.5 Å². The number of benzene rings is 1. The number of aryl methyl sites for hydroxylation is 1. The molecule has 2 N–H and O–H groups in total. The first kappa shape index (κ1) is 12.9. The number of rotatable bonds is 3. The van der Waals surface area contributed by atoms with Crippen molar-refractivity contribution in [2.45, 2.75) is 13.8 Å². The Kier molecular flexibility index (Phi) is 3.28. The van der Waals surface area contributed by atoms with Crippen LogP contribution in [-0.2, 0) is 0 Å². The van der Waals surface area contributed by atoms with Gasteiger partial charge in [0.05, 0.1) is 12.0 Å². The zero-order valence-electron chi connectivity index (χ0n) is 11.4. The molecule has 102 valence electrons. The first-order valence-corrected chi connectivity index (χ1v) is 7.25. The number of nitrogens with two attached hydrogens (primary N) is 1. The van der Waals surface area contributed by atoms with E-state index >= 15 is 0 Å². The van der Waals surface area contributed by atoms with Gasteiger partial charge in [-0.05, 0) is 31.5 Å². The second kappa shape index (κ2) is 5.09. The molecule has 2 heterocycles. The highest BCUT2D eigenvalue weighted by Gasteiger charge is 2.15. The van der Waals surface area contributed by atoms with E-state index in [0.29, 0.717) is 12.4 Å². The van der Waals surface area contributed by atoms with Gasteiger partial charge in [0, 0.05) is 10.4 Å². The molecule has 0 aliphatic carbocycles. The molecule has 0 aliphatic rings. The molecule has 0 radical (unpaired) electrons. The lowest BCUT2D eigenvalue weighted by Gasteiger charge is -2.06. The van der Waals surface area contributed by atoms with Crippen LogP contribution in [0.3, 0.4) is 0 Å². The van der Waals surface area contributed by atoms with Gasteiger partial charge in [0.1, 0.15) is 22.7 Å². The van der Waals surface area contributed by atoms with Gasteiger partial charge in [0.15, 0.2) is 0 Å². The zero-order chi connectivity index (χ0) is 14.1. The Balaban J connectivity index is 2.16. The predicted molar refractivity (Wildman–Crippen MR) is 83.2 cm³/mol. The Morgan fingerprint density at radius 1 is 1.20 bits per heavy atom. The minimum atomic E-state index is 0.531. The molecule has 0 bridgehead atoms. The second-order valence-electron chi connectivity index (χ2n) is 4.43. The lowest BCUT2D eigenvalue weighted by Crippen LogP contribution is -1.93. The molecule has 0 saturated carbocycles. The smallest absolute Gasteiger partial charge is 0.136 e. The monoisotopic (exact) mass is 285 g/mol. The van der Waals surface area contributed by atoms with Gasteiger partial charge in [0.2, 0.25) is 0 Å². The molecule has 5 heteroatoms. The SMILES string of the molecule is CCOc1ccc(-c2c(C)sc3ncnc(N)c23)cc1. The summed E-state index contributed by atoms with van der Waals surface area (Å²) >= 11 is 1.64. The molecule has 0 saturated heterocycles. The summed E-state index contributed by atoms with van der Waals surface area (Å²) in [5.74, 6) is 1.40. The van der Waals surface area contributed by atoms with Crippen LogP contribution in [0.15, 0.2) is 30.6 Å². The molecule has 2 aromatic heterocycles.